The Kier molecular flexibility index (Phi) is 3.90. The Labute approximate surface area is 166 Å². The average molecular weight is 382 g/mol. The van der Waals surface area contributed by atoms with Crippen LogP contribution in [0.25, 0.3) is 17.2 Å². The van der Waals surface area contributed by atoms with E-state index in [0.29, 0.717) is 35.0 Å². The van der Waals surface area contributed by atoms with Crippen LogP contribution < -0.4 is 10.9 Å². The van der Waals surface area contributed by atoms with E-state index in [1.54, 1.807) is 11.4 Å². The number of aromatic nitrogens is 5. The standard InChI is InChI=1S/C21H18N8/c1-12-4-8-14(9-5-12)16-23-19-24-17(15-10-6-13(2)7-11-15)26-21-28-18(22-3)27-20(25-16)29(19)21/h4-11H,1-3H3,(H,22,23,24,25,26,27,28). The van der Waals surface area contributed by atoms with E-state index in [9.17, 15) is 0 Å². The molecule has 0 saturated carbocycles. The quantitative estimate of drug-likeness (QED) is 0.575. The van der Waals surface area contributed by atoms with Crippen LogP contribution in [0.2, 0.25) is 0 Å². The number of rotatable bonds is 2. The molecule has 0 saturated heterocycles. The first-order valence-electron chi connectivity index (χ1n) is 9.22. The van der Waals surface area contributed by atoms with Crippen LogP contribution in [0.1, 0.15) is 16.7 Å². The van der Waals surface area contributed by atoms with Crippen molar-refractivity contribution in [3.8, 4) is 11.4 Å². The summed E-state index contributed by atoms with van der Waals surface area (Å²) in [5, 5.41) is 3.31. The van der Waals surface area contributed by atoms with E-state index in [-0.39, 0.29) is 0 Å². The minimum Gasteiger partial charge on any atom is -0.309 e. The van der Waals surface area contributed by atoms with Crippen molar-refractivity contribution in [3.63, 3.8) is 0 Å². The smallest absolute Gasteiger partial charge is 0.251 e. The SMILES string of the molecule is CN=c1nc2n3c(nc(-c4ccc(C)cc4)nc3n1)NC(c1ccc(C)cc1)=N2. The zero-order valence-corrected chi connectivity index (χ0v) is 16.2. The van der Waals surface area contributed by atoms with Crippen molar-refractivity contribution >= 4 is 23.5 Å². The molecule has 0 spiro atoms. The number of hydrogen-bond donors (Lipinski definition) is 1. The Morgan fingerprint density at radius 1 is 0.793 bits per heavy atom. The highest BCUT2D eigenvalue weighted by molar-refractivity contribution is 6.09. The number of nitrogens with zero attached hydrogens (tertiary/aromatic N) is 7. The van der Waals surface area contributed by atoms with Crippen molar-refractivity contribution in [2.75, 3.05) is 12.4 Å². The van der Waals surface area contributed by atoms with Gasteiger partial charge in [-0.25, -0.2) is 4.40 Å². The second kappa shape index (κ2) is 6.59. The summed E-state index contributed by atoms with van der Waals surface area (Å²) in [5.41, 5.74) is 4.53. The van der Waals surface area contributed by atoms with Crippen LogP contribution in [0.5, 0.6) is 0 Å². The first kappa shape index (κ1) is 17.2. The third-order valence-corrected chi connectivity index (χ3v) is 4.71. The van der Waals surface area contributed by atoms with Crippen LogP contribution >= 0.6 is 0 Å². The van der Waals surface area contributed by atoms with Gasteiger partial charge < -0.3 is 5.32 Å². The van der Waals surface area contributed by atoms with E-state index in [2.05, 4.69) is 37.2 Å². The van der Waals surface area contributed by atoms with Crippen LogP contribution in [-0.2, 0) is 0 Å². The lowest BCUT2D eigenvalue weighted by molar-refractivity contribution is 0.871. The van der Waals surface area contributed by atoms with Gasteiger partial charge in [-0.1, -0.05) is 59.7 Å². The molecule has 4 aromatic rings. The molecule has 1 N–H and O–H groups in total. The summed E-state index contributed by atoms with van der Waals surface area (Å²) >= 11 is 0. The maximum Gasteiger partial charge on any atom is 0.251 e. The number of benzene rings is 2. The molecule has 2 aromatic heterocycles. The molecule has 1 aliphatic rings. The Hall–Kier alpha value is -3.94. The molecule has 0 unspecified atom stereocenters. The lowest BCUT2D eigenvalue weighted by atomic mass is 10.1. The summed E-state index contributed by atoms with van der Waals surface area (Å²) in [6.07, 6.45) is 0. The number of hydrogen-bond acceptors (Lipinski definition) is 7. The highest BCUT2D eigenvalue weighted by atomic mass is 15.4. The average Bonchev–Trinajstić information content (AvgIpc) is 2.74. The molecule has 142 valence electrons. The molecule has 0 amide bonds. The topological polar surface area (TPSA) is 92.7 Å². The maximum atomic E-state index is 4.73. The third-order valence-electron chi connectivity index (χ3n) is 4.71. The third kappa shape index (κ3) is 3.04. The Morgan fingerprint density at radius 3 is 2.10 bits per heavy atom. The number of aryl methyl sites for hydroxylation is 2. The molecule has 0 bridgehead atoms. The Balaban J connectivity index is 1.74. The molecule has 0 aliphatic carbocycles. The van der Waals surface area contributed by atoms with Gasteiger partial charge in [-0.2, -0.15) is 24.9 Å². The first-order valence-corrected chi connectivity index (χ1v) is 9.22. The second-order valence-electron chi connectivity index (χ2n) is 6.87. The van der Waals surface area contributed by atoms with Gasteiger partial charge in [0.25, 0.3) is 5.62 Å². The van der Waals surface area contributed by atoms with Gasteiger partial charge in [0, 0.05) is 18.2 Å². The number of amidine groups is 1. The molecule has 29 heavy (non-hydrogen) atoms. The van der Waals surface area contributed by atoms with Crippen molar-refractivity contribution in [1.29, 1.82) is 0 Å². The minimum atomic E-state index is 0.327. The minimum absolute atomic E-state index is 0.327. The van der Waals surface area contributed by atoms with Gasteiger partial charge in [-0.05, 0) is 13.8 Å². The van der Waals surface area contributed by atoms with Gasteiger partial charge in [0.05, 0.1) is 0 Å². The maximum absolute atomic E-state index is 4.73. The summed E-state index contributed by atoms with van der Waals surface area (Å²) in [6, 6.07) is 16.2. The predicted molar refractivity (Wildman–Crippen MR) is 111 cm³/mol. The monoisotopic (exact) mass is 382 g/mol. The lowest BCUT2D eigenvalue weighted by Crippen LogP contribution is -2.26. The fourth-order valence-corrected chi connectivity index (χ4v) is 3.10. The Morgan fingerprint density at radius 2 is 1.45 bits per heavy atom. The molecular weight excluding hydrogens is 364 g/mol. The fraction of sp³-hybridized carbons (Fsp3) is 0.143. The van der Waals surface area contributed by atoms with E-state index in [1.165, 1.54) is 11.1 Å². The van der Waals surface area contributed by atoms with Gasteiger partial charge in [-0.3, -0.25) is 4.99 Å². The molecule has 3 heterocycles. The van der Waals surface area contributed by atoms with Crippen LogP contribution in [0, 0.1) is 13.8 Å². The van der Waals surface area contributed by atoms with Gasteiger partial charge >= 0.3 is 0 Å². The van der Waals surface area contributed by atoms with Crippen molar-refractivity contribution in [3.05, 3.63) is 70.8 Å². The van der Waals surface area contributed by atoms with Gasteiger partial charge in [0.1, 0.15) is 5.84 Å². The molecule has 2 aromatic carbocycles. The van der Waals surface area contributed by atoms with Gasteiger partial charge in [-0.15, -0.1) is 0 Å². The summed E-state index contributed by atoms with van der Waals surface area (Å²) < 4.78 is 1.70. The van der Waals surface area contributed by atoms with Crippen LogP contribution in [0.4, 0.5) is 11.9 Å². The van der Waals surface area contributed by atoms with Gasteiger partial charge in [0.15, 0.2) is 5.82 Å². The molecule has 8 nitrogen and oxygen atoms in total. The normalized spacial score (nSPS) is 13.3. The molecule has 1 aliphatic heterocycles. The summed E-state index contributed by atoms with van der Waals surface area (Å²) in [5.74, 6) is 2.68. The Bertz CT molecular complexity index is 1330. The largest absolute Gasteiger partial charge is 0.309 e. The lowest BCUT2D eigenvalue weighted by Gasteiger charge is -2.19. The van der Waals surface area contributed by atoms with Crippen LogP contribution in [0.15, 0.2) is 58.5 Å². The van der Waals surface area contributed by atoms with Crippen molar-refractivity contribution in [1.82, 2.24) is 24.3 Å². The van der Waals surface area contributed by atoms with E-state index in [4.69, 9.17) is 4.98 Å². The van der Waals surface area contributed by atoms with Gasteiger partial charge in [0.2, 0.25) is 17.7 Å². The summed E-state index contributed by atoms with van der Waals surface area (Å²) in [6.45, 7) is 4.10. The summed E-state index contributed by atoms with van der Waals surface area (Å²) in [7, 11) is 1.65. The second-order valence-corrected chi connectivity index (χ2v) is 6.87. The zero-order valence-electron chi connectivity index (χ0n) is 16.2. The van der Waals surface area contributed by atoms with Crippen LogP contribution in [0.3, 0.4) is 0 Å². The van der Waals surface area contributed by atoms with E-state index >= 15 is 0 Å². The highest BCUT2D eigenvalue weighted by Crippen LogP contribution is 2.25. The molecular formula is C21H18N8. The van der Waals surface area contributed by atoms with Crippen molar-refractivity contribution < 1.29 is 0 Å². The summed E-state index contributed by atoms with van der Waals surface area (Å²) in [4.78, 5) is 27.0. The number of anilines is 1. The van der Waals surface area contributed by atoms with Crippen molar-refractivity contribution in [2.45, 2.75) is 13.8 Å². The fourth-order valence-electron chi connectivity index (χ4n) is 3.10. The molecule has 8 heteroatoms. The highest BCUT2D eigenvalue weighted by Gasteiger charge is 2.20. The van der Waals surface area contributed by atoms with E-state index in [0.717, 1.165) is 11.1 Å². The van der Waals surface area contributed by atoms with E-state index in [1.807, 2.05) is 55.5 Å². The first-order chi connectivity index (χ1) is 14.1. The molecule has 0 atom stereocenters. The van der Waals surface area contributed by atoms with E-state index < -0.39 is 0 Å². The molecule has 0 fully saturated rings. The van der Waals surface area contributed by atoms with Crippen molar-refractivity contribution in [2.24, 2.45) is 9.98 Å². The van der Waals surface area contributed by atoms with Crippen LogP contribution in [-0.4, -0.2) is 37.2 Å². The number of aliphatic imine (C=N–C) groups is 1. The zero-order chi connectivity index (χ0) is 20.0. The molecule has 0 radical (unpaired) electrons. The number of nitrogens with one attached hydrogen (secondary N) is 1. The molecule has 5 rings (SSSR count). The predicted octanol–water partition coefficient (Wildman–Crippen LogP) is 2.84.